The monoisotopic (exact) mass is 243 g/mol. The van der Waals surface area contributed by atoms with Gasteiger partial charge in [-0.05, 0) is 18.3 Å². The molecule has 0 spiro atoms. The molecule has 2 nitrogen and oxygen atoms in total. The molecule has 0 fully saturated rings. The lowest BCUT2D eigenvalue weighted by atomic mass is 9.87. The van der Waals surface area contributed by atoms with E-state index in [-0.39, 0.29) is 0 Å². The molecule has 0 aromatic carbocycles. The zero-order chi connectivity index (χ0) is 13.0. The van der Waals surface area contributed by atoms with E-state index in [4.69, 9.17) is 4.74 Å². The van der Waals surface area contributed by atoms with Gasteiger partial charge in [-0.2, -0.15) is 0 Å². The van der Waals surface area contributed by atoms with Crippen molar-refractivity contribution in [2.45, 2.75) is 66.2 Å². The summed E-state index contributed by atoms with van der Waals surface area (Å²) in [6.45, 7) is 13.0. The van der Waals surface area contributed by atoms with Crippen LogP contribution < -0.4 is 5.32 Å². The Morgan fingerprint density at radius 3 is 2.29 bits per heavy atom. The van der Waals surface area contributed by atoms with Gasteiger partial charge in [0.25, 0.3) is 0 Å². The largest absolute Gasteiger partial charge is 0.380 e. The van der Waals surface area contributed by atoms with Crippen LogP contribution in [0.1, 0.15) is 66.2 Å². The number of unbranched alkanes of at least 4 members (excludes halogenated alkanes) is 3. The van der Waals surface area contributed by atoms with Gasteiger partial charge in [-0.1, -0.05) is 53.4 Å². The van der Waals surface area contributed by atoms with Gasteiger partial charge in [-0.3, -0.25) is 0 Å². The summed E-state index contributed by atoms with van der Waals surface area (Å²) in [4.78, 5) is 0. The molecule has 0 saturated heterocycles. The maximum atomic E-state index is 5.52. The Balaban J connectivity index is 3.32. The number of hydrogen-bond donors (Lipinski definition) is 1. The van der Waals surface area contributed by atoms with Crippen molar-refractivity contribution in [1.29, 1.82) is 0 Å². The average molecular weight is 243 g/mol. The van der Waals surface area contributed by atoms with Gasteiger partial charge < -0.3 is 10.1 Å². The smallest absolute Gasteiger partial charge is 0.0590 e. The molecular formula is C15H33NO. The number of rotatable bonds is 12. The van der Waals surface area contributed by atoms with Crippen LogP contribution in [0, 0.1) is 5.41 Å². The highest BCUT2D eigenvalue weighted by molar-refractivity contribution is 4.71. The van der Waals surface area contributed by atoms with E-state index in [1.54, 1.807) is 0 Å². The molecule has 0 heterocycles. The summed E-state index contributed by atoms with van der Waals surface area (Å²) in [5.41, 5.74) is 0.429. The van der Waals surface area contributed by atoms with Crippen molar-refractivity contribution >= 4 is 0 Å². The number of ether oxygens (including phenoxy) is 1. The minimum absolute atomic E-state index is 0.429. The molecule has 0 atom stereocenters. The highest BCUT2D eigenvalue weighted by atomic mass is 16.5. The second-order valence-electron chi connectivity index (χ2n) is 5.76. The first-order valence-corrected chi connectivity index (χ1v) is 7.41. The minimum atomic E-state index is 0.429. The van der Waals surface area contributed by atoms with E-state index in [9.17, 15) is 0 Å². The molecule has 0 aromatic heterocycles. The van der Waals surface area contributed by atoms with Gasteiger partial charge in [0.1, 0.15) is 0 Å². The Kier molecular flexibility index (Phi) is 11.0. The third-order valence-corrected chi connectivity index (χ3v) is 3.13. The molecule has 0 aliphatic rings. The van der Waals surface area contributed by atoms with Gasteiger partial charge in [0.15, 0.2) is 0 Å². The van der Waals surface area contributed by atoms with Crippen molar-refractivity contribution in [1.82, 2.24) is 5.32 Å². The van der Waals surface area contributed by atoms with Crippen LogP contribution in [0.25, 0.3) is 0 Å². The van der Waals surface area contributed by atoms with E-state index >= 15 is 0 Å². The molecular weight excluding hydrogens is 210 g/mol. The lowest BCUT2D eigenvalue weighted by Gasteiger charge is -2.25. The molecule has 0 unspecified atom stereocenters. The van der Waals surface area contributed by atoms with Gasteiger partial charge in [0.2, 0.25) is 0 Å². The Bertz CT molecular complexity index is 157. The molecule has 0 aliphatic carbocycles. The van der Waals surface area contributed by atoms with Crippen LogP contribution in [-0.2, 0) is 4.74 Å². The van der Waals surface area contributed by atoms with Gasteiger partial charge in [0.05, 0.1) is 6.61 Å². The molecule has 17 heavy (non-hydrogen) atoms. The molecule has 0 saturated carbocycles. The maximum Gasteiger partial charge on any atom is 0.0590 e. The van der Waals surface area contributed by atoms with Crippen molar-refractivity contribution in [3.8, 4) is 0 Å². The van der Waals surface area contributed by atoms with Crippen molar-refractivity contribution in [2.75, 3.05) is 26.3 Å². The van der Waals surface area contributed by atoms with Crippen LogP contribution >= 0.6 is 0 Å². The van der Waals surface area contributed by atoms with Crippen molar-refractivity contribution in [2.24, 2.45) is 5.41 Å². The fourth-order valence-corrected chi connectivity index (χ4v) is 1.86. The molecule has 0 aromatic rings. The molecule has 2 heteroatoms. The van der Waals surface area contributed by atoms with E-state index in [1.165, 1.54) is 38.5 Å². The third kappa shape index (κ3) is 12.2. The molecule has 0 amide bonds. The quantitative estimate of drug-likeness (QED) is 0.523. The summed E-state index contributed by atoms with van der Waals surface area (Å²) in [6, 6.07) is 0. The minimum Gasteiger partial charge on any atom is -0.380 e. The van der Waals surface area contributed by atoms with Gasteiger partial charge in [0, 0.05) is 19.7 Å². The first-order valence-electron chi connectivity index (χ1n) is 7.41. The predicted octanol–water partition coefficient (Wildman–Crippen LogP) is 4.00. The zero-order valence-corrected chi connectivity index (χ0v) is 12.5. The van der Waals surface area contributed by atoms with Crippen molar-refractivity contribution < 1.29 is 4.74 Å². The standard InChI is InChI=1S/C15H33NO/c1-5-7-9-10-15(3,4)14-16-11-13-17-12-8-6-2/h16H,5-14H2,1-4H3. The molecule has 0 rings (SSSR count). The van der Waals surface area contributed by atoms with Crippen molar-refractivity contribution in [3.05, 3.63) is 0 Å². The van der Waals surface area contributed by atoms with Crippen LogP contribution in [0.15, 0.2) is 0 Å². The first-order chi connectivity index (χ1) is 8.12. The lowest BCUT2D eigenvalue weighted by Crippen LogP contribution is -2.31. The summed E-state index contributed by atoms with van der Waals surface area (Å²) >= 11 is 0. The Labute approximate surface area is 109 Å². The summed E-state index contributed by atoms with van der Waals surface area (Å²) in [7, 11) is 0. The zero-order valence-electron chi connectivity index (χ0n) is 12.5. The summed E-state index contributed by atoms with van der Waals surface area (Å²) in [6.07, 6.45) is 7.77. The van der Waals surface area contributed by atoms with Gasteiger partial charge >= 0.3 is 0 Å². The highest BCUT2D eigenvalue weighted by Gasteiger charge is 2.16. The van der Waals surface area contributed by atoms with E-state index < -0.39 is 0 Å². The second kappa shape index (κ2) is 11.0. The molecule has 0 aliphatic heterocycles. The summed E-state index contributed by atoms with van der Waals surface area (Å²) in [5, 5.41) is 3.50. The van der Waals surface area contributed by atoms with Crippen LogP contribution in [-0.4, -0.2) is 26.3 Å². The van der Waals surface area contributed by atoms with E-state index in [0.717, 1.165) is 26.3 Å². The predicted molar refractivity (Wildman–Crippen MR) is 76.5 cm³/mol. The van der Waals surface area contributed by atoms with E-state index in [2.05, 4.69) is 33.0 Å². The Hall–Kier alpha value is -0.0800. The molecule has 1 N–H and O–H groups in total. The SMILES string of the molecule is CCCCCC(C)(C)CNCCOCCCC. The van der Waals surface area contributed by atoms with Gasteiger partial charge in [-0.25, -0.2) is 0 Å². The maximum absolute atomic E-state index is 5.52. The fourth-order valence-electron chi connectivity index (χ4n) is 1.86. The van der Waals surface area contributed by atoms with Crippen LogP contribution in [0.4, 0.5) is 0 Å². The topological polar surface area (TPSA) is 21.3 Å². The van der Waals surface area contributed by atoms with Crippen LogP contribution in [0.2, 0.25) is 0 Å². The third-order valence-electron chi connectivity index (χ3n) is 3.13. The molecule has 104 valence electrons. The first kappa shape index (κ1) is 16.9. The summed E-state index contributed by atoms with van der Waals surface area (Å²) in [5.74, 6) is 0. The van der Waals surface area contributed by atoms with Crippen LogP contribution in [0.5, 0.6) is 0 Å². The van der Waals surface area contributed by atoms with E-state index in [0.29, 0.717) is 5.41 Å². The lowest BCUT2D eigenvalue weighted by molar-refractivity contribution is 0.130. The number of nitrogens with one attached hydrogen (secondary N) is 1. The summed E-state index contributed by atoms with van der Waals surface area (Å²) < 4.78 is 5.52. The number of hydrogen-bond acceptors (Lipinski definition) is 2. The Morgan fingerprint density at radius 2 is 1.65 bits per heavy atom. The highest BCUT2D eigenvalue weighted by Crippen LogP contribution is 2.22. The second-order valence-corrected chi connectivity index (χ2v) is 5.76. The molecule has 0 bridgehead atoms. The van der Waals surface area contributed by atoms with Crippen molar-refractivity contribution in [3.63, 3.8) is 0 Å². The van der Waals surface area contributed by atoms with Gasteiger partial charge in [-0.15, -0.1) is 0 Å². The Morgan fingerprint density at radius 1 is 0.941 bits per heavy atom. The normalized spacial score (nSPS) is 12.0. The molecule has 0 radical (unpaired) electrons. The van der Waals surface area contributed by atoms with Crippen LogP contribution in [0.3, 0.4) is 0 Å². The average Bonchev–Trinajstić information content (AvgIpc) is 2.28. The fraction of sp³-hybridized carbons (Fsp3) is 1.00. The van der Waals surface area contributed by atoms with E-state index in [1.807, 2.05) is 0 Å².